The summed E-state index contributed by atoms with van der Waals surface area (Å²) in [6.07, 6.45) is 3.74. The molecule has 0 fully saturated rings. The van der Waals surface area contributed by atoms with Gasteiger partial charge < -0.3 is 0 Å². The molecule has 6 nitrogen and oxygen atoms in total. The smallest absolute Gasteiger partial charge is 0.208 e. The molecule has 2 aromatic rings. The van der Waals surface area contributed by atoms with Gasteiger partial charge in [0.1, 0.15) is 0 Å². The Labute approximate surface area is 143 Å². The number of hydrogen-bond donors (Lipinski definition) is 1. The first-order valence-corrected chi connectivity index (χ1v) is 10.0. The number of nitrogens with one attached hydrogen (secondary N) is 1. The second kappa shape index (κ2) is 7.04. The minimum Gasteiger partial charge on any atom is -0.291 e. The second-order valence-electron chi connectivity index (χ2n) is 6.53. The van der Waals surface area contributed by atoms with Gasteiger partial charge in [0.2, 0.25) is 10.0 Å². The standard InChI is InChI=1S/C17H24N4O2S/c1-14-3-5-15(6-4-14)11-20-12-16-7-9-18-21(16)17(13-20)8-10-19-24(2,22)23/h3-7,9,17,19H,8,10-13H2,1-2H3/t17-/m0/s1. The van der Waals surface area contributed by atoms with Crippen molar-refractivity contribution in [1.29, 1.82) is 0 Å². The van der Waals surface area contributed by atoms with Crippen LogP contribution in [0.15, 0.2) is 36.5 Å². The normalized spacial score (nSPS) is 18.5. The number of fused-ring (bicyclic) bond motifs is 1. The quantitative estimate of drug-likeness (QED) is 0.863. The SMILES string of the molecule is Cc1ccc(CN2Cc3ccnn3[C@@H](CCNS(C)(=O)=O)C2)cc1. The van der Waals surface area contributed by atoms with Gasteiger partial charge in [0, 0.05) is 32.4 Å². The first-order chi connectivity index (χ1) is 11.4. The molecular weight excluding hydrogens is 324 g/mol. The minimum atomic E-state index is -3.15. The van der Waals surface area contributed by atoms with Crippen molar-refractivity contribution in [3.8, 4) is 0 Å². The lowest BCUT2D eigenvalue weighted by atomic mass is 10.1. The highest BCUT2D eigenvalue weighted by Gasteiger charge is 2.25. The molecule has 0 aliphatic carbocycles. The van der Waals surface area contributed by atoms with Gasteiger partial charge in [-0.05, 0) is 25.0 Å². The van der Waals surface area contributed by atoms with Crippen LogP contribution in [0.3, 0.4) is 0 Å². The van der Waals surface area contributed by atoms with Crippen molar-refractivity contribution in [3.63, 3.8) is 0 Å². The van der Waals surface area contributed by atoms with Gasteiger partial charge in [-0.15, -0.1) is 0 Å². The zero-order valence-electron chi connectivity index (χ0n) is 14.1. The lowest BCUT2D eigenvalue weighted by molar-refractivity contribution is 0.162. The molecule has 0 saturated heterocycles. The predicted molar refractivity (Wildman–Crippen MR) is 94.0 cm³/mol. The van der Waals surface area contributed by atoms with Gasteiger partial charge >= 0.3 is 0 Å². The van der Waals surface area contributed by atoms with Crippen LogP contribution >= 0.6 is 0 Å². The Morgan fingerprint density at radius 1 is 1.25 bits per heavy atom. The highest BCUT2D eigenvalue weighted by molar-refractivity contribution is 7.88. The summed E-state index contributed by atoms with van der Waals surface area (Å²) in [6, 6.07) is 10.8. The first kappa shape index (κ1) is 17.1. The third-order valence-corrected chi connectivity index (χ3v) is 5.05. The van der Waals surface area contributed by atoms with Gasteiger partial charge in [0.05, 0.1) is 18.0 Å². The molecule has 0 spiro atoms. The lowest BCUT2D eigenvalue weighted by Gasteiger charge is -2.34. The highest BCUT2D eigenvalue weighted by Crippen LogP contribution is 2.24. The Hall–Kier alpha value is -1.70. The van der Waals surface area contributed by atoms with Crippen LogP contribution in [0.1, 0.15) is 29.3 Å². The summed E-state index contributed by atoms with van der Waals surface area (Å²) in [4.78, 5) is 2.40. The van der Waals surface area contributed by atoms with Crippen LogP contribution in [0.4, 0.5) is 0 Å². The molecular formula is C17H24N4O2S. The number of aryl methyl sites for hydroxylation is 1. The van der Waals surface area contributed by atoms with Crippen molar-refractivity contribution >= 4 is 10.0 Å². The summed E-state index contributed by atoms with van der Waals surface area (Å²) in [5.74, 6) is 0. The molecule has 7 heteroatoms. The predicted octanol–water partition coefficient (Wildman–Crippen LogP) is 1.69. The van der Waals surface area contributed by atoms with Crippen LogP contribution in [0.2, 0.25) is 0 Å². The van der Waals surface area contributed by atoms with Gasteiger partial charge in [-0.1, -0.05) is 29.8 Å². The number of nitrogens with zero attached hydrogens (tertiary/aromatic N) is 3. The van der Waals surface area contributed by atoms with Crippen LogP contribution in [-0.2, 0) is 23.1 Å². The summed E-state index contributed by atoms with van der Waals surface area (Å²) in [6.45, 7) is 5.15. The van der Waals surface area contributed by atoms with E-state index in [4.69, 9.17) is 0 Å². The summed E-state index contributed by atoms with van der Waals surface area (Å²) < 4.78 is 27.1. The molecule has 24 heavy (non-hydrogen) atoms. The number of hydrogen-bond acceptors (Lipinski definition) is 4. The number of aromatic nitrogens is 2. The number of benzene rings is 1. The van der Waals surface area contributed by atoms with Gasteiger partial charge in [-0.25, -0.2) is 13.1 Å². The Bertz CT molecular complexity index is 783. The average Bonchev–Trinajstić information content (AvgIpc) is 2.97. The first-order valence-electron chi connectivity index (χ1n) is 8.15. The number of rotatable bonds is 6. The molecule has 0 saturated carbocycles. The third-order valence-electron chi connectivity index (χ3n) is 4.32. The van der Waals surface area contributed by atoms with E-state index in [0.29, 0.717) is 6.54 Å². The molecule has 1 aliphatic rings. The Kier molecular flexibility index (Phi) is 5.03. The van der Waals surface area contributed by atoms with Crippen molar-refractivity contribution in [2.24, 2.45) is 0 Å². The zero-order chi connectivity index (χ0) is 17.2. The zero-order valence-corrected chi connectivity index (χ0v) is 15.0. The van der Waals surface area contributed by atoms with Crippen molar-refractivity contribution in [3.05, 3.63) is 53.3 Å². The average molecular weight is 348 g/mol. The molecule has 0 bridgehead atoms. The van der Waals surface area contributed by atoms with Gasteiger partial charge in [0.25, 0.3) is 0 Å². The van der Waals surface area contributed by atoms with E-state index in [-0.39, 0.29) is 6.04 Å². The summed E-state index contributed by atoms with van der Waals surface area (Å²) in [5, 5.41) is 4.42. The van der Waals surface area contributed by atoms with Crippen molar-refractivity contribution < 1.29 is 8.42 Å². The largest absolute Gasteiger partial charge is 0.291 e. The molecule has 3 rings (SSSR count). The Morgan fingerprint density at radius 2 is 2.00 bits per heavy atom. The lowest BCUT2D eigenvalue weighted by Crippen LogP contribution is -2.38. The summed E-state index contributed by atoms with van der Waals surface area (Å²) >= 11 is 0. The van der Waals surface area contributed by atoms with Gasteiger partial charge in [0.15, 0.2) is 0 Å². The number of sulfonamides is 1. The van der Waals surface area contributed by atoms with E-state index in [1.54, 1.807) is 0 Å². The maximum Gasteiger partial charge on any atom is 0.208 e. The van der Waals surface area contributed by atoms with Gasteiger partial charge in [-0.3, -0.25) is 9.58 Å². The van der Waals surface area contributed by atoms with Crippen LogP contribution in [0, 0.1) is 6.92 Å². The summed E-state index contributed by atoms with van der Waals surface area (Å²) in [7, 11) is -3.15. The molecule has 0 radical (unpaired) electrons. The fraction of sp³-hybridized carbons (Fsp3) is 0.471. The fourth-order valence-electron chi connectivity index (χ4n) is 3.16. The van der Waals surface area contributed by atoms with E-state index in [2.05, 4.69) is 45.9 Å². The maximum absolute atomic E-state index is 11.3. The molecule has 0 amide bonds. The molecule has 1 aliphatic heterocycles. The molecule has 1 aromatic heterocycles. The van der Waals surface area contributed by atoms with Crippen molar-refractivity contribution in [2.45, 2.75) is 32.5 Å². The Morgan fingerprint density at radius 3 is 2.71 bits per heavy atom. The Balaban J connectivity index is 1.67. The topological polar surface area (TPSA) is 67.2 Å². The summed E-state index contributed by atoms with van der Waals surface area (Å²) in [5.41, 5.74) is 3.74. The van der Waals surface area contributed by atoms with Crippen molar-refractivity contribution in [2.75, 3.05) is 19.3 Å². The molecule has 130 valence electrons. The fourth-order valence-corrected chi connectivity index (χ4v) is 3.65. The van der Waals surface area contributed by atoms with Crippen LogP contribution in [0.25, 0.3) is 0 Å². The van der Waals surface area contributed by atoms with Crippen molar-refractivity contribution in [1.82, 2.24) is 19.4 Å². The molecule has 1 atom stereocenters. The maximum atomic E-state index is 11.3. The van der Waals surface area contributed by atoms with E-state index in [9.17, 15) is 8.42 Å². The minimum absolute atomic E-state index is 0.184. The highest BCUT2D eigenvalue weighted by atomic mass is 32.2. The van der Waals surface area contributed by atoms with E-state index in [1.165, 1.54) is 23.1 Å². The van der Waals surface area contributed by atoms with Gasteiger partial charge in [-0.2, -0.15) is 5.10 Å². The van der Waals surface area contributed by atoms with Crippen LogP contribution < -0.4 is 4.72 Å². The second-order valence-corrected chi connectivity index (χ2v) is 8.36. The molecule has 1 N–H and O–H groups in total. The van der Waals surface area contributed by atoms with Crippen LogP contribution in [-0.4, -0.2) is 42.4 Å². The molecule has 1 aromatic carbocycles. The monoisotopic (exact) mass is 348 g/mol. The molecule has 2 heterocycles. The van der Waals surface area contributed by atoms with E-state index < -0.39 is 10.0 Å². The third kappa shape index (κ3) is 4.43. The van der Waals surface area contributed by atoms with Crippen LogP contribution in [0.5, 0.6) is 0 Å². The van der Waals surface area contributed by atoms with E-state index >= 15 is 0 Å². The van der Waals surface area contributed by atoms with E-state index in [1.807, 2.05) is 16.9 Å². The molecule has 0 unspecified atom stereocenters. The van der Waals surface area contributed by atoms with E-state index in [0.717, 1.165) is 26.1 Å².